The van der Waals surface area contributed by atoms with E-state index in [-0.39, 0.29) is 11.6 Å². The lowest BCUT2D eigenvalue weighted by molar-refractivity contribution is 0.405. The summed E-state index contributed by atoms with van der Waals surface area (Å²) < 4.78 is 1.42. The van der Waals surface area contributed by atoms with Crippen LogP contribution >= 0.6 is 0 Å². The van der Waals surface area contributed by atoms with Crippen LogP contribution in [0.3, 0.4) is 0 Å². The molecule has 2 aromatic carbocycles. The van der Waals surface area contributed by atoms with Gasteiger partial charge in [-0.2, -0.15) is 0 Å². The first-order valence-corrected chi connectivity index (χ1v) is 9.99. The number of benzene rings is 2. The molecule has 5 N–H and O–H groups in total. The normalized spacial score (nSPS) is 11.3. The van der Waals surface area contributed by atoms with Crippen molar-refractivity contribution in [1.29, 1.82) is 0 Å². The van der Waals surface area contributed by atoms with Crippen LogP contribution < -0.4 is 11.4 Å². The zero-order chi connectivity index (χ0) is 20.2. The van der Waals surface area contributed by atoms with Crippen LogP contribution in [0.4, 0.5) is 0 Å². The first kappa shape index (κ1) is 19.1. The molecule has 0 aliphatic rings. The van der Waals surface area contributed by atoms with E-state index in [1.165, 1.54) is 15.7 Å². The highest BCUT2D eigenvalue weighted by molar-refractivity contribution is 5.84. The molecule has 0 spiro atoms. The van der Waals surface area contributed by atoms with Crippen molar-refractivity contribution in [2.75, 3.05) is 6.54 Å². The standard InChI is InChI=1S/C23H26N4O2/c24-11-10-18-15-25-20-9-8-17(13-19(18)20)14-21-22(28)27(23(29)26-21)12-4-7-16-5-2-1-3-6-16/h1-3,5-6,8-9,13,15,25,28H,4,7,10-12,14,24H2,(H,26,29). The molecule has 2 heterocycles. The molecular weight excluding hydrogens is 364 g/mol. The van der Waals surface area contributed by atoms with E-state index in [0.717, 1.165) is 35.7 Å². The fourth-order valence-corrected chi connectivity index (χ4v) is 3.83. The van der Waals surface area contributed by atoms with Crippen molar-refractivity contribution in [3.8, 4) is 5.88 Å². The zero-order valence-corrected chi connectivity index (χ0v) is 16.3. The van der Waals surface area contributed by atoms with Gasteiger partial charge in [0.2, 0.25) is 5.88 Å². The number of H-pyrrole nitrogens is 2. The monoisotopic (exact) mass is 390 g/mol. The maximum atomic E-state index is 12.3. The van der Waals surface area contributed by atoms with Crippen molar-refractivity contribution >= 4 is 10.9 Å². The fraction of sp³-hybridized carbons (Fsp3) is 0.261. The number of aromatic amines is 2. The lowest BCUT2D eigenvalue weighted by atomic mass is 10.0. The number of nitrogens with two attached hydrogens (primary N) is 1. The Morgan fingerprint density at radius 3 is 2.66 bits per heavy atom. The Morgan fingerprint density at radius 2 is 1.86 bits per heavy atom. The molecule has 150 valence electrons. The first-order valence-electron chi connectivity index (χ1n) is 9.99. The molecule has 0 fully saturated rings. The molecule has 0 radical (unpaired) electrons. The minimum absolute atomic E-state index is 0.0272. The van der Waals surface area contributed by atoms with Gasteiger partial charge in [-0.05, 0) is 54.6 Å². The average Bonchev–Trinajstić information content (AvgIpc) is 3.24. The Hall–Kier alpha value is -3.25. The number of nitrogens with one attached hydrogen (secondary N) is 2. The highest BCUT2D eigenvalue weighted by Gasteiger charge is 2.14. The molecule has 29 heavy (non-hydrogen) atoms. The van der Waals surface area contributed by atoms with Gasteiger partial charge in [-0.3, -0.25) is 4.57 Å². The SMILES string of the molecule is NCCc1c[nH]c2ccc(Cc3[nH]c(=O)n(CCCc4ccccc4)c3O)cc12. The largest absolute Gasteiger partial charge is 0.493 e. The van der Waals surface area contributed by atoms with Crippen molar-refractivity contribution in [3.05, 3.63) is 87.6 Å². The molecule has 0 aliphatic carbocycles. The Morgan fingerprint density at radius 1 is 1.03 bits per heavy atom. The Balaban J connectivity index is 1.49. The quantitative estimate of drug-likeness (QED) is 0.372. The summed E-state index contributed by atoms with van der Waals surface area (Å²) in [5.74, 6) is 0.0272. The van der Waals surface area contributed by atoms with Gasteiger partial charge in [-0.25, -0.2) is 4.79 Å². The van der Waals surface area contributed by atoms with Crippen LogP contribution in [0.2, 0.25) is 0 Å². The Bertz CT molecular complexity index is 1150. The van der Waals surface area contributed by atoms with Crippen LogP contribution in [0.1, 0.15) is 28.8 Å². The van der Waals surface area contributed by atoms with Gasteiger partial charge in [0.15, 0.2) is 0 Å². The maximum absolute atomic E-state index is 12.3. The summed E-state index contributed by atoms with van der Waals surface area (Å²) in [6.45, 7) is 1.07. The van der Waals surface area contributed by atoms with Gasteiger partial charge in [0.05, 0.1) is 5.69 Å². The third-order valence-electron chi connectivity index (χ3n) is 5.34. The molecule has 0 amide bonds. The molecule has 0 bridgehead atoms. The predicted octanol–water partition coefficient (Wildman–Crippen LogP) is 3.09. The van der Waals surface area contributed by atoms with E-state index in [1.807, 2.05) is 36.5 Å². The summed E-state index contributed by atoms with van der Waals surface area (Å²) in [4.78, 5) is 18.4. The number of imidazole rings is 1. The number of aromatic nitrogens is 3. The molecule has 4 aromatic rings. The van der Waals surface area contributed by atoms with E-state index in [4.69, 9.17) is 5.73 Å². The highest BCUT2D eigenvalue weighted by Crippen LogP contribution is 2.23. The summed E-state index contributed by atoms with van der Waals surface area (Å²) in [6, 6.07) is 16.3. The Labute approximate surface area is 169 Å². The van der Waals surface area contributed by atoms with Crippen molar-refractivity contribution in [2.45, 2.75) is 32.2 Å². The van der Waals surface area contributed by atoms with Crippen molar-refractivity contribution < 1.29 is 5.11 Å². The maximum Gasteiger partial charge on any atom is 0.328 e. The second-order valence-corrected chi connectivity index (χ2v) is 7.38. The lowest BCUT2D eigenvalue weighted by Crippen LogP contribution is -2.16. The van der Waals surface area contributed by atoms with Gasteiger partial charge in [-0.15, -0.1) is 0 Å². The van der Waals surface area contributed by atoms with Crippen LogP contribution in [0.25, 0.3) is 10.9 Å². The van der Waals surface area contributed by atoms with Crippen molar-refractivity contribution in [1.82, 2.24) is 14.5 Å². The van der Waals surface area contributed by atoms with Gasteiger partial charge >= 0.3 is 5.69 Å². The Kier molecular flexibility index (Phi) is 5.53. The van der Waals surface area contributed by atoms with Gasteiger partial charge in [0.25, 0.3) is 0 Å². The van der Waals surface area contributed by atoms with Crippen LogP contribution in [-0.4, -0.2) is 26.2 Å². The third-order valence-corrected chi connectivity index (χ3v) is 5.34. The second kappa shape index (κ2) is 8.41. The number of aromatic hydroxyl groups is 1. The van der Waals surface area contributed by atoms with Crippen LogP contribution in [0, 0.1) is 0 Å². The summed E-state index contributed by atoms with van der Waals surface area (Å²) in [7, 11) is 0. The average molecular weight is 390 g/mol. The van der Waals surface area contributed by atoms with Crippen molar-refractivity contribution in [3.63, 3.8) is 0 Å². The number of fused-ring (bicyclic) bond motifs is 1. The van der Waals surface area contributed by atoms with Gasteiger partial charge in [0.1, 0.15) is 0 Å². The molecule has 0 unspecified atom stereocenters. The zero-order valence-electron chi connectivity index (χ0n) is 16.3. The topological polar surface area (TPSA) is 99.8 Å². The van der Waals surface area contributed by atoms with E-state index >= 15 is 0 Å². The number of hydrogen-bond acceptors (Lipinski definition) is 3. The van der Waals surface area contributed by atoms with Crippen LogP contribution in [0.5, 0.6) is 5.88 Å². The van der Waals surface area contributed by atoms with Gasteiger partial charge < -0.3 is 20.8 Å². The minimum Gasteiger partial charge on any atom is -0.493 e. The first-order chi connectivity index (χ1) is 14.2. The summed E-state index contributed by atoms with van der Waals surface area (Å²) in [5, 5.41) is 11.7. The van der Waals surface area contributed by atoms with Crippen molar-refractivity contribution in [2.24, 2.45) is 5.73 Å². The summed E-state index contributed by atoms with van der Waals surface area (Å²) >= 11 is 0. The molecule has 0 aliphatic heterocycles. The summed E-state index contributed by atoms with van der Waals surface area (Å²) in [5.41, 5.74) is 10.5. The number of nitrogens with zero attached hydrogens (tertiary/aromatic N) is 1. The highest BCUT2D eigenvalue weighted by atomic mass is 16.3. The second-order valence-electron chi connectivity index (χ2n) is 7.38. The summed E-state index contributed by atoms with van der Waals surface area (Å²) in [6.07, 6.45) is 4.91. The molecule has 2 aromatic heterocycles. The molecule has 0 saturated heterocycles. The van der Waals surface area contributed by atoms with Gasteiger partial charge in [-0.1, -0.05) is 36.4 Å². The van der Waals surface area contributed by atoms with E-state index in [1.54, 1.807) is 0 Å². The number of aryl methyl sites for hydroxylation is 1. The van der Waals surface area contributed by atoms with E-state index in [0.29, 0.717) is 25.2 Å². The predicted molar refractivity (Wildman–Crippen MR) is 115 cm³/mol. The number of hydrogen-bond donors (Lipinski definition) is 4. The smallest absolute Gasteiger partial charge is 0.328 e. The molecule has 6 nitrogen and oxygen atoms in total. The van der Waals surface area contributed by atoms with Gasteiger partial charge in [0, 0.05) is 30.1 Å². The van der Waals surface area contributed by atoms with E-state index < -0.39 is 0 Å². The molecular formula is C23H26N4O2. The number of rotatable bonds is 8. The fourth-order valence-electron chi connectivity index (χ4n) is 3.83. The lowest BCUT2D eigenvalue weighted by Gasteiger charge is -2.05. The van der Waals surface area contributed by atoms with Crippen LogP contribution in [-0.2, 0) is 25.8 Å². The minimum atomic E-state index is -0.267. The molecule has 4 rings (SSSR count). The van der Waals surface area contributed by atoms with Crippen LogP contribution in [0.15, 0.2) is 59.5 Å². The van der Waals surface area contributed by atoms with E-state index in [2.05, 4.69) is 28.2 Å². The molecule has 0 atom stereocenters. The molecule has 6 heteroatoms. The van der Waals surface area contributed by atoms with E-state index in [9.17, 15) is 9.90 Å². The third kappa shape index (κ3) is 4.12. The molecule has 0 saturated carbocycles.